The van der Waals surface area contributed by atoms with E-state index in [-0.39, 0.29) is 12.8 Å². The summed E-state index contributed by atoms with van der Waals surface area (Å²) in [6.07, 6.45) is -14.5. The summed E-state index contributed by atoms with van der Waals surface area (Å²) in [4.78, 5) is 0. The molecule has 1 unspecified atom stereocenters. The standard InChI is InChI=1S/C7H9F6O/c1-2-3-4-14-7(12,13)5(8)6(9,10)11/h5H,1-4H2. The number of ether oxygens (including phenoxy) is 1. The van der Waals surface area contributed by atoms with Gasteiger partial charge in [0.2, 0.25) is 0 Å². The Hall–Kier alpha value is -0.460. The maximum Gasteiger partial charge on any atom is 0.428 e. The number of halogens is 6. The Morgan fingerprint density at radius 1 is 1.14 bits per heavy atom. The van der Waals surface area contributed by atoms with Crippen LogP contribution >= 0.6 is 0 Å². The highest BCUT2D eigenvalue weighted by Crippen LogP contribution is 2.35. The zero-order valence-corrected chi connectivity index (χ0v) is 7.08. The monoisotopic (exact) mass is 223 g/mol. The summed E-state index contributed by atoms with van der Waals surface area (Å²) in [5, 5.41) is 0. The van der Waals surface area contributed by atoms with Gasteiger partial charge in [-0.3, -0.25) is 0 Å². The van der Waals surface area contributed by atoms with Gasteiger partial charge in [-0.1, -0.05) is 13.3 Å². The minimum Gasteiger partial charge on any atom is -0.318 e. The molecule has 0 aliphatic rings. The molecule has 0 aromatic carbocycles. The average Bonchev–Trinajstić information content (AvgIpc) is 2.01. The van der Waals surface area contributed by atoms with E-state index in [1.54, 1.807) is 0 Å². The third-order valence-electron chi connectivity index (χ3n) is 1.27. The van der Waals surface area contributed by atoms with E-state index in [0.29, 0.717) is 0 Å². The van der Waals surface area contributed by atoms with E-state index in [9.17, 15) is 26.3 Å². The lowest BCUT2D eigenvalue weighted by atomic mass is 10.3. The quantitative estimate of drug-likeness (QED) is 0.514. The number of unbranched alkanes of at least 4 members (excludes halogenated alkanes) is 1. The zero-order chi connectivity index (χ0) is 11.4. The highest BCUT2D eigenvalue weighted by molar-refractivity contribution is 4.75. The molecule has 0 rings (SSSR count). The summed E-state index contributed by atoms with van der Waals surface area (Å²) in [5.74, 6) is 0. The predicted molar refractivity (Wildman–Crippen MR) is 36.4 cm³/mol. The third kappa shape index (κ3) is 4.17. The van der Waals surface area contributed by atoms with Crippen molar-refractivity contribution in [1.29, 1.82) is 0 Å². The molecule has 0 saturated heterocycles. The van der Waals surface area contributed by atoms with Gasteiger partial charge < -0.3 is 4.74 Å². The third-order valence-corrected chi connectivity index (χ3v) is 1.27. The van der Waals surface area contributed by atoms with Crippen LogP contribution in [0.2, 0.25) is 0 Å². The van der Waals surface area contributed by atoms with Crippen molar-refractivity contribution < 1.29 is 31.1 Å². The second-order valence-electron chi connectivity index (χ2n) is 2.52. The van der Waals surface area contributed by atoms with Gasteiger partial charge in [0.25, 0.3) is 6.17 Å². The van der Waals surface area contributed by atoms with Gasteiger partial charge >= 0.3 is 12.3 Å². The van der Waals surface area contributed by atoms with Crippen molar-refractivity contribution >= 4 is 0 Å². The lowest BCUT2D eigenvalue weighted by Gasteiger charge is -2.22. The Bertz CT molecular complexity index is 166. The molecule has 0 amide bonds. The second kappa shape index (κ2) is 4.86. The molecule has 0 aromatic heterocycles. The van der Waals surface area contributed by atoms with Crippen molar-refractivity contribution in [2.75, 3.05) is 6.61 Å². The van der Waals surface area contributed by atoms with Gasteiger partial charge in [0.1, 0.15) is 0 Å². The van der Waals surface area contributed by atoms with E-state index in [0.717, 1.165) is 0 Å². The molecule has 0 aromatic rings. The van der Waals surface area contributed by atoms with Gasteiger partial charge in [-0.15, -0.1) is 0 Å². The van der Waals surface area contributed by atoms with E-state index < -0.39 is 25.1 Å². The fraction of sp³-hybridized carbons (Fsp3) is 0.857. The maximum atomic E-state index is 12.3. The van der Waals surface area contributed by atoms with Crippen LogP contribution in [-0.2, 0) is 4.74 Å². The van der Waals surface area contributed by atoms with Gasteiger partial charge in [0.15, 0.2) is 0 Å². The van der Waals surface area contributed by atoms with Crippen molar-refractivity contribution in [1.82, 2.24) is 0 Å². The fourth-order valence-corrected chi connectivity index (χ4v) is 0.574. The summed E-state index contributed by atoms with van der Waals surface area (Å²) in [7, 11) is 0. The van der Waals surface area contributed by atoms with Gasteiger partial charge in [-0.2, -0.15) is 22.0 Å². The first-order valence-corrected chi connectivity index (χ1v) is 3.73. The summed E-state index contributed by atoms with van der Waals surface area (Å²) in [6, 6.07) is 0. The summed E-state index contributed by atoms with van der Waals surface area (Å²) < 4.78 is 74.7. The van der Waals surface area contributed by atoms with E-state index in [1.807, 2.05) is 0 Å². The number of hydrogen-bond donors (Lipinski definition) is 0. The van der Waals surface area contributed by atoms with E-state index in [1.165, 1.54) is 0 Å². The first-order chi connectivity index (χ1) is 6.22. The number of hydrogen-bond acceptors (Lipinski definition) is 1. The molecular formula is C7H9F6O. The van der Waals surface area contributed by atoms with Crippen LogP contribution in [0.3, 0.4) is 0 Å². The number of rotatable bonds is 5. The number of alkyl halides is 6. The fourth-order valence-electron chi connectivity index (χ4n) is 0.574. The normalized spacial score (nSPS) is 15.6. The van der Waals surface area contributed by atoms with Crippen LogP contribution in [0.5, 0.6) is 0 Å². The molecule has 14 heavy (non-hydrogen) atoms. The Morgan fingerprint density at radius 3 is 2.00 bits per heavy atom. The zero-order valence-electron chi connectivity index (χ0n) is 7.08. The molecule has 1 nitrogen and oxygen atoms in total. The molecule has 0 bridgehead atoms. The molecule has 0 saturated carbocycles. The molecule has 0 N–H and O–H groups in total. The topological polar surface area (TPSA) is 9.23 Å². The van der Waals surface area contributed by atoms with Gasteiger partial charge in [-0.05, 0) is 6.42 Å². The van der Waals surface area contributed by atoms with Gasteiger partial charge in [-0.25, -0.2) is 4.39 Å². The van der Waals surface area contributed by atoms with Crippen LogP contribution in [0.25, 0.3) is 0 Å². The molecule has 7 heteroatoms. The van der Waals surface area contributed by atoms with Crippen LogP contribution in [0, 0.1) is 6.92 Å². The Morgan fingerprint density at radius 2 is 1.64 bits per heavy atom. The first-order valence-electron chi connectivity index (χ1n) is 3.73. The van der Waals surface area contributed by atoms with E-state index in [4.69, 9.17) is 0 Å². The van der Waals surface area contributed by atoms with Crippen LogP contribution in [0.1, 0.15) is 12.8 Å². The smallest absolute Gasteiger partial charge is 0.318 e. The lowest BCUT2D eigenvalue weighted by Crippen LogP contribution is -2.43. The van der Waals surface area contributed by atoms with Crippen LogP contribution in [-0.4, -0.2) is 25.1 Å². The average molecular weight is 223 g/mol. The van der Waals surface area contributed by atoms with Crippen molar-refractivity contribution in [2.24, 2.45) is 0 Å². The lowest BCUT2D eigenvalue weighted by molar-refractivity contribution is -0.335. The van der Waals surface area contributed by atoms with Gasteiger partial charge in [0, 0.05) is 0 Å². The summed E-state index contributed by atoms with van der Waals surface area (Å²) >= 11 is 0. The minimum absolute atomic E-state index is 0.0418. The van der Waals surface area contributed by atoms with Crippen LogP contribution in [0.15, 0.2) is 0 Å². The molecule has 0 heterocycles. The molecule has 1 atom stereocenters. The molecule has 0 aliphatic heterocycles. The van der Waals surface area contributed by atoms with Crippen molar-refractivity contribution in [3.8, 4) is 0 Å². The molecule has 0 fully saturated rings. The highest BCUT2D eigenvalue weighted by atomic mass is 19.4. The SMILES string of the molecule is [CH2]CCCOC(F)(F)C(F)C(F)(F)F. The van der Waals surface area contributed by atoms with Crippen LogP contribution in [0.4, 0.5) is 26.3 Å². The van der Waals surface area contributed by atoms with Crippen molar-refractivity contribution in [3.05, 3.63) is 6.92 Å². The van der Waals surface area contributed by atoms with Crippen LogP contribution < -0.4 is 0 Å². The largest absolute Gasteiger partial charge is 0.428 e. The minimum atomic E-state index is -5.62. The van der Waals surface area contributed by atoms with Crippen molar-refractivity contribution in [3.63, 3.8) is 0 Å². The maximum absolute atomic E-state index is 12.3. The first kappa shape index (κ1) is 13.5. The Kier molecular flexibility index (Phi) is 4.70. The predicted octanol–water partition coefficient (Wildman–Crippen LogP) is 3.11. The van der Waals surface area contributed by atoms with Gasteiger partial charge in [0.05, 0.1) is 6.61 Å². The molecule has 85 valence electrons. The summed E-state index contributed by atoms with van der Waals surface area (Å²) in [6.45, 7) is 2.60. The van der Waals surface area contributed by atoms with E-state index in [2.05, 4.69) is 11.7 Å². The Labute approximate surface area is 77.0 Å². The summed E-state index contributed by atoms with van der Waals surface area (Å²) in [5.41, 5.74) is 0. The second-order valence-corrected chi connectivity index (χ2v) is 2.52. The molecular weight excluding hydrogens is 214 g/mol. The Balaban J connectivity index is 4.16. The van der Waals surface area contributed by atoms with Crippen molar-refractivity contribution in [2.45, 2.75) is 31.3 Å². The highest BCUT2D eigenvalue weighted by Gasteiger charge is 2.58. The molecule has 1 radical (unpaired) electrons. The molecule has 0 aliphatic carbocycles. The van der Waals surface area contributed by atoms with E-state index >= 15 is 0 Å². The molecule has 0 spiro atoms.